The van der Waals surface area contributed by atoms with E-state index in [-0.39, 0.29) is 26.1 Å². The lowest BCUT2D eigenvalue weighted by Crippen LogP contribution is -2.60. The van der Waals surface area contributed by atoms with Gasteiger partial charge in [0.25, 0.3) is 5.92 Å². The van der Waals surface area contributed by atoms with Crippen LogP contribution in [0.2, 0.25) is 0 Å². The van der Waals surface area contributed by atoms with E-state index in [9.17, 15) is 14.0 Å². The van der Waals surface area contributed by atoms with Crippen LogP contribution < -0.4 is 15.8 Å². The van der Waals surface area contributed by atoms with Crippen LogP contribution in [0.3, 0.4) is 0 Å². The first kappa shape index (κ1) is 27.9. The van der Waals surface area contributed by atoms with Crippen LogP contribution in [0.5, 0.6) is 5.75 Å². The third-order valence-electron chi connectivity index (χ3n) is 5.89. The predicted molar refractivity (Wildman–Crippen MR) is 134 cm³/mol. The Morgan fingerprint density at radius 1 is 1.16 bits per heavy atom. The molecule has 200 valence electrons. The summed E-state index contributed by atoms with van der Waals surface area (Å²) in [5.41, 5.74) is 6.38. The number of hydrogen-bond acceptors (Lipinski definition) is 4. The number of hydrogen-bond donors (Lipinski definition) is 2. The zero-order chi connectivity index (χ0) is 27.0. The number of rotatable bonds is 10. The maximum atomic E-state index is 15.3. The van der Waals surface area contributed by atoms with Crippen molar-refractivity contribution >= 4 is 11.9 Å². The number of carbonyl (C=O) groups excluding carboxylic acids is 2. The summed E-state index contributed by atoms with van der Waals surface area (Å²) < 4.78 is 49.6. The molecule has 0 saturated carbocycles. The van der Waals surface area contributed by atoms with E-state index in [1.807, 2.05) is 13.8 Å². The van der Waals surface area contributed by atoms with E-state index >= 15 is 8.78 Å². The molecule has 7 nitrogen and oxygen atoms in total. The van der Waals surface area contributed by atoms with Gasteiger partial charge in [-0.25, -0.2) is 18.0 Å². The molecule has 1 fully saturated rings. The van der Waals surface area contributed by atoms with Gasteiger partial charge in [-0.3, -0.25) is 4.79 Å². The van der Waals surface area contributed by atoms with Gasteiger partial charge in [0, 0.05) is 31.9 Å². The minimum atomic E-state index is -3.27. The van der Waals surface area contributed by atoms with Gasteiger partial charge in [0.2, 0.25) is 5.91 Å². The highest BCUT2D eigenvalue weighted by molar-refractivity contribution is 5.85. The number of amides is 3. The first-order valence-corrected chi connectivity index (χ1v) is 12.1. The lowest BCUT2D eigenvalue weighted by molar-refractivity contribution is -0.115. The van der Waals surface area contributed by atoms with Gasteiger partial charge in [-0.2, -0.15) is 0 Å². The maximum Gasteiger partial charge on any atom is 0.318 e. The molecule has 2 aromatic carbocycles. The van der Waals surface area contributed by atoms with Crippen LogP contribution in [0, 0.1) is 11.7 Å². The van der Waals surface area contributed by atoms with E-state index in [1.165, 1.54) is 35.4 Å². The molecule has 0 radical (unpaired) electrons. The van der Waals surface area contributed by atoms with Crippen LogP contribution in [0.4, 0.5) is 18.0 Å². The highest BCUT2D eigenvalue weighted by Crippen LogP contribution is 2.32. The van der Waals surface area contributed by atoms with Crippen LogP contribution >= 0.6 is 0 Å². The van der Waals surface area contributed by atoms with Crippen molar-refractivity contribution in [2.24, 2.45) is 11.7 Å². The molecular formula is C27H33F3N4O3. The SMILES string of the molecule is CC(C)COc1ccc(CNC(=O)N(Cc2ccc(F)cc2)[C@@H]2CCN(C=CC(N)=O)CC2(F)F)cc1. The average Bonchev–Trinajstić information content (AvgIpc) is 2.85. The Hall–Kier alpha value is -3.69. The minimum Gasteiger partial charge on any atom is -0.493 e. The number of urea groups is 1. The quantitative estimate of drug-likeness (QED) is 0.460. The van der Waals surface area contributed by atoms with Gasteiger partial charge in [-0.1, -0.05) is 38.1 Å². The van der Waals surface area contributed by atoms with Gasteiger partial charge >= 0.3 is 6.03 Å². The average molecular weight is 519 g/mol. The lowest BCUT2D eigenvalue weighted by Gasteiger charge is -2.43. The van der Waals surface area contributed by atoms with Crippen LogP contribution in [0.1, 0.15) is 31.4 Å². The first-order valence-electron chi connectivity index (χ1n) is 12.1. The largest absolute Gasteiger partial charge is 0.493 e. The summed E-state index contributed by atoms with van der Waals surface area (Å²) in [5, 5.41) is 2.74. The van der Waals surface area contributed by atoms with Gasteiger partial charge in [0.1, 0.15) is 17.6 Å². The van der Waals surface area contributed by atoms with E-state index in [0.29, 0.717) is 23.8 Å². The highest BCUT2D eigenvalue weighted by atomic mass is 19.3. The third-order valence-corrected chi connectivity index (χ3v) is 5.89. The molecule has 1 atom stereocenters. The number of halogens is 3. The van der Waals surface area contributed by atoms with Gasteiger partial charge in [0.15, 0.2) is 0 Å². The third kappa shape index (κ3) is 8.44. The number of likely N-dealkylation sites (tertiary alicyclic amines) is 1. The number of ether oxygens (including phenoxy) is 1. The smallest absolute Gasteiger partial charge is 0.318 e. The topological polar surface area (TPSA) is 87.9 Å². The molecule has 1 aliphatic rings. The second-order valence-corrected chi connectivity index (χ2v) is 9.52. The highest BCUT2D eigenvalue weighted by Gasteiger charge is 2.48. The summed E-state index contributed by atoms with van der Waals surface area (Å²) in [6.07, 6.45) is 2.23. The fourth-order valence-electron chi connectivity index (χ4n) is 4.00. The Balaban J connectivity index is 1.72. The van der Waals surface area contributed by atoms with Crippen LogP contribution in [-0.2, 0) is 17.9 Å². The van der Waals surface area contributed by atoms with E-state index < -0.39 is 36.3 Å². The van der Waals surface area contributed by atoms with Crippen molar-refractivity contribution in [2.75, 3.05) is 19.7 Å². The number of piperidine rings is 1. The van der Waals surface area contributed by atoms with Crippen LogP contribution in [0.15, 0.2) is 60.8 Å². The monoisotopic (exact) mass is 518 g/mol. The maximum absolute atomic E-state index is 15.3. The summed E-state index contributed by atoms with van der Waals surface area (Å²) in [5.74, 6) is -3.37. The number of alkyl halides is 2. The molecular weight excluding hydrogens is 485 g/mol. The molecule has 3 N–H and O–H groups in total. The number of benzene rings is 2. The first-order chi connectivity index (χ1) is 17.5. The molecule has 3 amide bonds. The van der Waals surface area contributed by atoms with Gasteiger partial charge in [-0.15, -0.1) is 0 Å². The molecule has 2 aromatic rings. The van der Waals surface area contributed by atoms with Crippen molar-refractivity contribution < 1.29 is 27.5 Å². The van der Waals surface area contributed by atoms with Crippen molar-refractivity contribution in [2.45, 2.75) is 45.3 Å². The lowest BCUT2D eigenvalue weighted by atomic mass is 9.98. The Kier molecular flexibility index (Phi) is 9.43. The second-order valence-electron chi connectivity index (χ2n) is 9.52. The Morgan fingerprint density at radius 2 is 1.81 bits per heavy atom. The number of primary amides is 1. The Labute approximate surface area is 215 Å². The minimum absolute atomic E-state index is 0.0351. The summed E-state index contributed by atoms with van der Waals surface area (Å²) in [6.45, 7) is 4.22. The molecule has 0 bridgehead atoms. The molecule has 10 heteroatoms. The molecule has 1 aliphatic heterocycles. The fourth-order valence-corrected chi connectivity index (χ4v) is 4.00. The summed E-state index contributed by atoms with van der Waals surface area (Å²) in [6, 6.07) is 10.5. The molecule has 37 heavy (non-hydrogen) atoms. The number of carbonyl (C=O) groups is 2. The predicted octanol–water partition coefficient (Wildman–Crippen LogP) is 4.28. The standard InChI is InChI=1S/C27H33F3N4O3/c1-19(2)17-37-23-9-5-20(6-10-23)15-32-26(36)34(16-21-3-7-22(28)8-4-21)24-11-13-33(14-12-25(31)35)18-27(24,29)30/h3-10,12,14,19,24H,11,13,15-18H2,1-2H3,(H2,31,35)(H,32,36)/t24-/m1/s1. The van der Waals surface area contributed by atoms with Crippen molar-refractivity contribution in [3.05, 3.63) is 77.8 Å². The van der Waals surface area contributed by atoms with E-state index in [2.05, 4.69) is 5.32 Å². The van der Waals surface area contributed by atoms with E-state index in [4.69, 9.17) is 10.5 Å². The molecule has 0 aromatic heterocycles. The molecule has 1 saturated heterocycles. The molecule has 0 unspecified atom stereocenters. The molecule has 0 aliphatic carbocycles. The zero-order valence-electron chi connectivity index (χ0n) is 21.0. The zero-order valence-corrected chi connectivity index (χ0v) is 21.0. The van der Waals surface area contributed by atoms with Crippen LogP contribution in [-0.4, -0.2) is 53.4 Å². The van der Waals surface area contributed by atoms with E-state index in [0.717, 1.165) is 16.5 Å². The van der Waals surface area contributed by atoms with Gasteiger partial charge in [-0.05, 0) is 47.7 Å². The number of nitrogens with one attached hydrogen (secondary N) is 1. The Bertz CT molecular complexity index is 1080. The summed E-state index contributed by atoms with van der Waals surface area (Å²) >= 11 is 0. The van der Waals surface area contributed by atoms with Crippen molar-refractivity contribution in [3.63, 3.8) is 0 Å². The van der Waals surface area contributed by atoms with Crippen molar-refractivity contribution in [1.29, 1.82) is 0 Å². The normalized spacial score (nSPS) is 17.1. The molecule has 1 heterocycles. The fraction of sp³-hybridized carbons (Fsp3) is 0.407. The van der Waals surface area contributed by atoms with Gasteiger partial charge in [0.05, 0.1) is 13.2 Å². The van der Waals surface area contributed by atoms with Crippen LogP contribution in [0.25, 0.3) is 0 Å². The van der Waals surface area contributed by atoms with Crippen molar-refractivity contribution in [3.8, 4) is 5.75 Å². The number of nitrogens with zero attached hydrogens (tertiary/aromatic N) is 2. The number of nitrogens with two attached hydrogens (primary N) is 1. The Morgan fingerprint density at radius 3 is 2.41 bits per heavy atom. The molecule has 3 rings (SSSR count). The summed E-state index contributed by atoms with van der Waals surface area (Å²) in [7, 11) is 0. The second kappa shape index (κ2) is 12.5. The van der Waals surface area contributed by atoms with Gasteiger partial charge < -0.3 is 25.6 Å². The summed E-state index contributed by atoms with van der Waals surface area (Å²) in [4.78, 5) is 26.6. The molecule has 0 spiro atoms. The van der Waals surface area contributed by atoms with Crippen molar-refractivity contribution in [1.82, 2.24) is 15.1 Å². The van der Waals surface area contributed by atoms with E-state index in [1.54, 1.807) is 24.3 Å².